The fraction of sp³-hybridized carbons (Fsp3) is 0.857. The van der Waals surface area contributed by atoms with Crippen LogP contribution in [0.25, 0.3) is 0 Å². The summed E-state index contributed by atoms with van der Waals surface area (Å²) >= 11 is 0. The molecule has 0 fully saturated rings. The second kappa shape index (κ2) is 11.1. The lowest BCUT2D eigenvalue weighted by molar-refractivity contribution is -0.117. The van der Waals surface area contributed by atoms with Crippen LogP contribution < -0.4 is 5.73 Å². The maximum absolute atomic E-state index is 11.6. The first kappa shape index (κ1) is 16.9. The highest BCUT2D eigenvalue weighted by molar-refractivity contribution is 5.92. The summed E-state index contributed by atoms with van der Waals surface area (Å²) < 4.78 is 0. The summed E-state index contributed by atoms with van der Waals surface area (Å²) in [5.74, 6) is 0.249. The van der Waals surface area contributed by atoms with E-state index in [1.165, 1.54) is 25.7 Å². The van der Waals surface area contributed by atoms with Crippen molar-refractivity contribution in [2.75, 3.05) is 13.6 Å². The molecule has 0 unspecified atom stereocenters. The van der Waals surface area contributed by atoms with Gasteiger partial charge in [-0.25, -0.2) is 0 Å². The van der Waals surface area contributed by atoms with Gasteiger partial charge < -0.3 is 10.6 Å². The van der Waals surface area contributed by atoms with Crippen molar-refractivity contribution >= 4 is 11.9 Å². The largest absolute Gasteiger partial charge is 0.369 e. The number of hydrogen-bond acceptors (Lipinski definition) is 1. The van der Waals surface area contributed by atoms with Crippen molar-refractivity contribution in [3.63, 3.8) is 0 Å². The van der Waals surface area contributed by atoms with Crippen LogP contribution in [-0.4, -0.2) is 30.4 Å². The molecule has 0 bridgehead atoms. The Morgan fingerprint density at radius 1 is 1.06 bits per heavy atom. The summed E-state index contributed by atoms with van der Waals surface area (Å²) in [6.07, 6.45) is 8.60. The molecule has 0 aliphatic carbocycles. The molecule has 106 valence electrons. The minimum absolute atomic E-state index is 0.0917. The lowest BCUT2D eigenvalue weighted by atomic mass is 10.1. The Kier molecular flexibility index (Phi) is 10.4. The number of rotatable bonds is 9. The van der Waals surface area contributed by atoms with Crippen LogP contribution in [-0.2, 0) is 4.79 Å². The van der Waals surface area contributed by atoms with Crippen LogP contribution >= 0.6 is 0 Å². The monoisotopic (exact) mass is 255 g/mol. The van der Waals surface area contributed by atoms with Gasteiger partial charge in [0.25, 0.3) is 0 Å². The zero-order valence-electron chi connectivity index (χ0n) is 12.2. The molecule has 0 radical (unpaired) electrons. The van der Waals surface area contributed by atoms with Crippen molar-refractivity contribution in [1.29, 1.82) is 0 Å². The minimum Gasteiger partial charge on any atom is -0.369 e. The molecule has 4 nitrogen and oxygen atoms in total. The average molecular weight is 255 g/mol. The van der Waals surface area contributed by atoms with Gasteiger partial charge in [0.2, 0.25) is 5.91 Å². The normalized spacial score (nSPS) is 11.6. The third-order valence-corrected chi connectivity index (χ3v) is 2.93. The van der Waals surface area contributed by atoms with Gasteiger partial charge >= 0.3 is 0 Å². The van der Waals surface area contributed by atoms with Crippen LogP contribution in [0.1, 0.15) is 65.2 Å². The molecule has 0 aromatic carbocycles. The zero-order chi connectivity index (χ0) is 13.8. The summed E-state index contributed by atoms with van der Waals surface area (Å²) in [7, 11) is 1.86. The van der Waals surface area contributed by atoms with E-state index in [2.05, 4.69) is 18.8 Å². The summed E-state index contributed by atoms with van der Waals surface area (Å²) in [4.78, 5) is 17.3. The van der Waals surface area contributed by atoms with E-state index in [-0.39, 0.29) is 5.91 Å². The second-order valence-electron chi connectivity index (χ2n) is 4.80. The molecule has 2 N–H and O–H groups in total. The van der Waals surface area contributed by atoms with E-state index in [1.807, 2.05) is 11.9 Å². The van der Waals surface area contributed by atoms with Gasteiger partial charge in [0, 0.05) is 20.0 Å². The van der Waals surface area contributed by atoms with Gasteiger partial charge in [-0.3, -0.25) is 4.79 Å². The Balaban J connectivity index is 3.72. The molecule has 0 spiro atoms. The van der Waals surface area contributed by atoms with Crippen molar-refractivity contribution in [2.45, 2.75) is 65.2 Å². The smallest absolute Gasteiger partial charge is 0.248 e. The number of hydrogen-bond donors (Lipinski definition) is 1. The first-order valence-corrected chi connectivity index (χ1v) is 7.19. The molecular weight excluding hydrogens is 226 g/mol. The van der Waals surface area contributed by atoms with E-state index in [9.17, 15) is 4.79 Å². The van der Waals surface area contributed by atoms with E-state index in [0.29, 0.717) is 12.4 Å². The Morgan fingerprint density at radius 2 is 1.67 bits per heavy atom. The molecule has 0 aliphatic rings. The Labute approximate surface area is 112 Å². The zero-order valence-corrected chi connectivity index (χ0v) is 12.2. The molecule has 0 saturated carbocycles. The molecule has 18 heavy (non-hydrogen) atoms. The van der Waals surface area contributed by atoms with Gasteiger partial charge in [-0.2, -0.15) is 4.99 Å². The SMILES string of the molecule is CCCCCCCCC(=O)N=C(N)N(C)CCC. The standard InChI is InChI=1S/C14H29N3O/c1-4-6-7-8-9-10-11-13(18)16-14(15)17(3)12-5-2/h4-12H2,1-3H3,(H2,15,16,18). The average Bonchev–Trinajstić information content (AvgIpc) is 2.33. The molecular formula is C14H29N3O. The molecule has 0 atom stereocenters. The Bertz CT molecular complexity index is 251. The number of guanidine groups is 1. The van der Waals surface area contributed by atoms with Crippen LogP contribution in [0.5, 0.6) is 0 Å². The number of nitrogens with zero attached hydrogens (tertiary/aromatic N) is 2. The third kappa shape index (κ3) is 9.02. The predicted molar refractivity (Wildman–Crippen MR) is 77.5 cm³/mol. The number of carbonyl (C=O) groups is 1. The van der Waals surface area contributed by atoms with Gasteiger partial charge in [-0.1, -0.05) is 46.0 Å². The van der Waals surface area contributed by atoms with Gasteiger partial charge in [-0.05, 0) is 12.8 Å². The first-order chi connectivity index (χ1) is 8.61. The van der Waals surface area contributed by atoms with Crippen LogP contribution in [0.2, 0.25) is 0 Å². The molecule has 0 aromatic rings. The van der Waals surface area contributed by atoms with E-state index >= 15 is 0 Å². The number of carbonyl (C=O) groups excluding carboxylic acids is 1. The second-order valence-corrected chi connectivity index (χ2v) is 4.80. The van der Waals surface area contributed by atoms with Crippen molar-refractivity contribution in [2.24, 2.45) is 10.7 Å². The molecule has 0 heterocycles. The number of aliphatic imine (C=N–C) groups is 1. The number of nitrogens with two attached hydrogens (primary N) is 1. The highest BCUT2D eigenvalue weighted by Gasteiger charge is 2.04. The summed E-state index contributed by atoms with van der Waals surface area (Å²) in [5.41, 5.74) is 5.73. The fourth-order valence-electron chi connectivity index (χ4n) is 1.78. The lowest BCUT2D eigenvalue weighted by Gasteiger charge is -2.16. The van der Waals surface area contributed by atoms with Gasteiger partial charge in [0.15, 0.2) is 5.96 Å². The van der Waals surface area contributed by atoms with Gasteiger partial charge in [-0.15, -0.1) is 0 Å². The maximum atomic E-state index is 11.6. The Morgan fingerprint density at radius 3 is 2.28 bits per heavy atom. The van der Waals surface area contributed by atoms with Crippen LogP contribution in [0.4, 0.5) is 0 Å². The molecule has 4 heteroatoms. The van der Waals surface area contributed by atoms with E-state index in [0.717, 1.165) is 25.8 Å². The Hall–Kier alpha value is -1.06. The highest BCUT2D eigenvalue weighted by atomic mass is 16.1. The van der Waals surface area contributed by atoms with Crippen molar-refractivity contribution < 1.29 is 4.79 Å². The molecule has 0 aromatic heterocycles. The maximum Gasteiger partial charge on any atom is 0.248 e. The van der Waals surface area contributed by atoms with E-state index in [1.54, 1.807) is 0 Å². The van der Waals surface area contributed by atoms with Crippen molar-refractivity contribution in [3.05, 3.63) is 0 Å². The quantitative estimate of drug-likeness (QED) is 0.391. The van der Waals surface area contributed by atoms with E-state index < -0.39 is 0 Å². The fourth-order valence-corrected chi connectivity index (χ4v) is 1.78. The molecule has 0 aliphatic heterocycles. The van der Waals surface area contributed by atoms with Crippen molar-refractivity contribution in [3.8, 4) is 0 Å². The van der Waals surface area contributed by atoms with Gasteiger partial charge in [0.1, 0.15) is 0 Å². The highest BCUT2D eigenvalue weighted by Crippen LogP contribution is 2.07. The summed E-state index contributed by atoms with van der Waals surface area (Å²) in [5, 5.41) is 0. The molecule has 1 amide bonds. The molecule has 0 saturated heterocycles. The van der Waals surface area contributed by atoms with E-state index in [4.69, 9.17) is 5.73 Å². The number of unbranched alkanes of at least 4 members (excludes halogenated alkanes) is 5. The lowest BCUT2D eigenvalue weighted by Crippen LogP contribution is -2.35. The van der Waals surface area contributed by atoms with Crippen LogP contribution in [0.3, 0.4) is 0 Å². The summed E-state index contributed by atoms with van der Waals surface area (Å²) in [6.45, 7) is 5.11. The van der Waals surface area contributed by atoms with Crippen LogP contribution in [0.15, 0.2) is 4.99 Å². The van der Waals surface area contributed by atoms with Gasteiger partial charge in [0.05, 0.1) is 0 Å². The predicted octanol–water partition coefficient (Wildman–Crippen LogP) is 2.92. The topological polar surface area (TPSA) is 58.7 Å². The van der Waals surface area contributed by atoms with Crippen LogP contribution in [0, 0.1) is 0 Å². The third-order valence-electron chi connectivity index (χ3n) is 2.93. The summed E-state index contributed by atoms with van der Waals surface area (Å²) in [6, 6.07) is 0. The number of amides is 1. The van der Waals surface area contributed by atoms with Crippen molar-refractivity contribution in [1.82, 2.24) is 4.90 Å². The first-order valence-electron chi connectivity index (χ1n) is 7.19. The molecule has 0 rings (SSSR count). The minimum atomic E-state index is -0.0917.